The van der Waals surface area contributed by atoms with Crippen LogP contribution < -0.4 is 5.32 Å². The van der Waals surface area contributed by atoms with Gasteiger partial charge in [-0.1, -0.05) is 25.1 Å². The Morgan fingerprint density at radius 2 is 2.12 bits per heavy atom. The first-order valence-electron chi connectivity index (χ1n) is 5.26. The molecule has 0 aliphatic heterocycles. The van der Waals surface area contributed by atoms with Gasteiger partial charge in [-0.05, 0) is 23.8 Å². The molecule has 1 aromatic rings. The van der Waals surface area contributed by atoms with Crippen LogP contribution in [0, 0.1) is 5.92 Å². The number of aliphatic hydroxyl groups is 1. The van der Waals surface area contributed by atoms with Crippen LogP contribution in [0.15, 0.2) is 30.3 Å². The molecule has 0 aliphatic rings. The van der Waals surface area contributed by atoms with Crippen molar-refractivity contribution in [2.24, 2.45) is 5.92 Å². The van der Waals surface area contributed by atoms with Crippen molar-refractivity contribution in [3.8, 4) is 0 Å². The highest BCUT2D eigenvalue weighted by atomic mass is 32.2. The van der Waals surface area contributed by atoms with Crippen LogP contribution in [0.5, 0.6) is 0 Å². The van der Waals surface area contributed by atoms with Crippen molar-refractivity contribution >= 4 is 23.4 Å². The highest BCUT2D eigenvalue weighted by Crippen LogP contribution is 2.09. The second-order valence-corrected chi connectivity index (χ2v) is 4.75. The lowest BCUT2D eigenvalue weighted by Crippen LogP contribution is -2.15. The summed E-state index contributed by atoms with van der Waals surface area (Å²) in [7, 11) is 0. The summed E-state index contributed by atoms with van der Waals surface area (Å²) in [6.45, 7) is 2.13. The van der Waals surface area contributed by atoms with Gasteiger partial charge in [0.25, 0.3) is 0 Å². The molecule has 0 radical (unpaired) electrons. The molecule has 1 amide bonds. The number of carbonyl (C=O) groups excluding carboxylic acids is 1. The number of nitrogens with one attached hydrogen (secondary N) is 1. The van der Waals surface area contributed by atoms with E-state index < -0.39 is 0 Å². The SMILES string of the molecule is CC(CO)CSCC(=O)Nc1ccccc1. The summed E-state index contributed by atoms with van der Waals surface area (Å²) >= 11 is 1.54. The van der Waals surface area contributed by atoms with E-state index in [4.69, 9.17) is 5.11 Å². The number of aliphatic hydroxyl groups excluding tert-OH is 1. The molecule has 0 bridgehead atoms. The third kappa shape index (κ3) is 5.19. The Morgan fingerprint density at radius 3 is 2.75 bits per heavy atom. The maximum absolute atomic E-state index is 11.5. The minimum atomic E-state index is 0.00124. The van der Waals surface area contributed by atoms with E-state index in [0.29, 0.717) is 5.75 Å². The van der Waals surface area contributed by atoms with Crippen LogP contribution in [0.3, 0.4) is 0 Å². The van der Waals surface area contributed by atoms with Crippen molar-refractivity contribution in [2.75, 3.05) is 23.4 Å². The number of carbonyl (C=O) groups is 1. The highest BCUT2D eigenvalue weighted by Gasteiger charge is 2.04. The third-order valence-corrected chi connectivity index (χ3v) is 3.28. The molecule has 0 aliphatic carbocycles. The van der Waals surface area contributed by atoms with Crippen molar-refractivity contribution in [1.82, 2.24) is 0 Å². The number of hydrogen-bond acceptors (Lipinski definition) is 3. The maximum Gasteiger partial charge on any atom is 0.234 e. The minimum absolute atomic E-state index is 0.00124. The zero-order valence-electron chi connectivity index (χ0n) is 9.35. The summed E-state index contributed by atoms with van der Waals surface area (Å²) in [6.07, 6.45) is 0. The summed E-state index contributed by atoms with van der Waals surface area (Å²) < 4.78 is 0. The molecule has 0 saturated carbocycles. The molecular formula is C12H17NO2S. The van der Waals surface area contributed by atoms with Crippen LogP contribution in [0.25, 0.3) is 0 Å². The second-order valence-electron chi connectivity index (χ2n) is 3.72. The molecule has 1 unspecified atom stereocenters. The summed E-state index contributed by atoms with van der Waals surface area (Å²) in [5.74, 6) is 1.48. The number of para-hydroxylation sites is 1. The van der Waals surface area contributed by atoms with Crippen LogP contribution in [0.2, 0.25) is 0 Å². The van der Waals surface area contributed by atoms with E-state index in [1.54, 1.807) is 11.8 Å². The van der Waals surface area contributed by atoms with Gasteiger partial charge in [0.05, 0.1) is 5.75 Å². The minimum Gasteiger partial charge on any atom is -0.396 e. The fourth-order valence-electron chi connectivity index (χ4n) is 1.12. The van der Waals surface area contributed by atoms with Gasteiger partial charge in [0.15, 0.2) is 0 Å². The Labute approximate surface area is 100 Å². The number of amides is 1. The number of benzene rings is 1. The first-order chi connectivity index (χ1) is 7.72. The number of hydrogen-bond donors (Lipinski definition) is 2. The molecular weight excluding hydrogens is 222 g/mol. The Balaban J connectivity index is 2.21. The molecule has 88 valence electrons. The number of thioether (sulfide) groups is 1. The van der Waals surface area contributed by atoms with Gasteiger partial charge in [0, 0.05) is 12.3 Å². The van der Waals surface area contributed by atoms with Crippen LogP contribution in [0.4, 0.5) is 5.69 Å². The molecule has 0 spiro atoms. The average Bonchev–Trinajstić information content (AvgIpc) is 2.30. The zero-order chi connectivity index (χ0) is 11.8. The topological polar surface area (TPSA) is 49.3 Å². The summed E-state index contributed by atoms with van der Waals surface area (Å²) in [6, 6.07) is 9.40. The molecule has 0 fully saturated rings. The van der Waals surface area contributed by atoms with Crippen LogP contribution >= 0.6 is 11.8 Å². The van der Waals surface area contributed by atoms with Crippen LogP contribution in [-0.2, 0) is 4.79 Å². The lowest BCUT2D eigenvalue weighted by atomic mass is 10.2. The number of rotatable bonds is 6. The summed E-state index contributed by atoms with van der Waals surface area (Å²) in [4.78, 5) is 11.5. The lowest BCUT2D eigenvalue weighted by molar-refractivity contribution is -0.113. The Hall–Kier alpha value is -1.00. The van der Waals surface area contributed by atoms with E-state index in [2.05, 4.69) is 5.32 Å². The normalized spacial score (nSPS) is 12.1. The summed E-state index contributed by atoms with van der Waals surface area (Å²) in [5.41, 5.74) is 0.823. The quantitative estimate of drug-likeness (QED) is 0.798. The van der Waals surface area contributed by atoms with Gasteiger partial charge in [-0.2, -0.15) is 11.8 Å². The van der Waals surface area contributed by atoms with Crippen molar-refractivity contribution in [2.45, 2.75) is 6.92 Å². The molecule has 16 heavy (non-hydrogen) atoms. The first kappa shape index (κ1) is 13.1. The smallest absolute Gasteiger partial charge is 0.234 e. The predicted octanol–water partition coefficient (Wildman–Crippen LogP) is 1.99. The summed E-state index contributed by atoms with van der Waals surface area (Å²) in [5, 5.41) is 11.6. The predicted molar refractivity (Wildman–Crippen MR) is 68.6 cm³/mol. The van der Waals surface area contributed by atoms with Crippen molar-refractivity contribution in [3.63, 3.8) is 0 Å². The number of anilines is 1. The van der Waals surface area contributed by atoms with Gasteiger partial charge in [0.2, 0.25) is 5.91 Å². The van der Waals surface area contributed by atoms with Crippen molar-refractivity contribution < 1.29 is 9.90 Å². The van der Waals surface area contributed by atoms with E-state index in [1.165, 1.54) is 0 Å². The first-order valence-corrected chi connectivity index (χ1v) is 6.41. The van der Waals surface area contributed by atoms with Gasteiger partial charge >= 0.3 is 0 Å². The average molecular weight is 239 g/mol. The molecule has 2 N–H and O–H groups in total. The van der Waals surface area contributed by atoms with Gasteiger partial charge in [-0.3, -0.25) is 4.79 Å². The fraction of sp³-hybridized carbons (Fsp3) is 0.417. The molecule has 0 heterocycles. The van der Waals surface area contributed by atoms with Crippen LogP contribution in [0.1, 0.15) is 6.92 Å². The monoisotopic (exact) mass is 239 g/mol. The molecule has 3 nitrogen and oxygen atoms in total. The largest absolute Gasteiger partial charge is 0.396 e. The molecule has 1 atom stereocenters. The van der Waals surface area contributed by atoms with Crippen molar-refractivity contribution in [1.29, 1.82) is 0 Å². The Bertz CT molecular complexity index is 316. The highest BCUT2D eigenvalue weighted by molar-refractivity contribution is 7.99. The standard InChI is InChI=1S/C12H17NO2S/c1-10(7-14)8-16-9-12(15)13-11-5-3-2-4-6-11/h2-6,10,14H,7-9H2,1H3,(H,13,15). The molecule has 1 rings (SSSR count). The maximum atomic E-state index is 11.5. The van der Waals surface area contributed by atoms with Gasteiger partial charge < -0.3 is 10.4 Å². The van der Waals surface area contributed by atoms with Crippen molar-refractivity contribution in [3.05, 3.63) is 30.3 Å². The molecule has 1 aromatic carbocycles. The molecule has 4 heteroatoms. The van der Waals surface area contributed by atoms with Gasteiger partial charge in [0.1, 0.15) is 0 Å². The third-order valence-electron chi connectivity index (χ3n) is 2.00. The molecule has 0 saturated heterocycles. The lowest BCUT2D eigenvalue weighted by Gasteiger charge is -2.07. The Morgan fingerprint density at radius 1 is 1.44 bits per heavy atom. The van der Waals surface area contributed by atoms with E-state index >= 15 is 0 Å². The van der Waals surface area contributed by atoms with E-state index in [0.717, 1.165) is 11.4 Å². The van der Waals surface area contributed by atoms with E-state index in [1.807, 2.05) is 37.3 Å². The molecule has 0 aromatic heterocycles. The van der Waals surface area contributed by atoms with Crippen LogP contribution in [-0.4, -0.2) is 29.1 Å². The van der Waals surface area contributed by atoms with E-state index in [9.17, 15) is 4.79 Å². The fourth-order valence-corrected chi connectivity index (χ4v) is 2.01. The Kier molecular flexibility index (Phi) is 5.96. The zero-order valence-corrected chi connectivity index (χ0v) is 10.2. The van der Waals surface area contributed by atoms with Gasteiger partial charge in [-0.15, -0.1) is 0 Å². The second kappa shape index (κ2) is 7.30. The van der Waals surface area contributed by atoms with E-state index in [-0.39, 0.29) is 18.4 Å². The van der Waals surface area contributed by atoms with Gasteiger partial charge in [-0.25, -0.2) is 0 Å².